The lowest BCUT2D eigenvalue weighted by Gasteiger charge is -2.27. The lowest BCUT2D eigenvalue weighted by molar-refractivity contribution is 0.0571. The van der Waals surface area contributed by atoms with Gasteiger partial charge in [0, 0.05) is 18.7 Å². The molecule has 0 bridgehead atoms. The molecule has 1 heterocycles. The topological polar surface area (TPSA) is 75.4 Å². The van der Waals surface area contributed by atoms with E-state index in [-0.39, 0.29) is 29.7 Å². The van der Waals surface area contributed by atoms with Crippen LogP contribution in [0.15, 0.2) is 47.3 Å². The van der Waals surface area contributed by atoms with E-state index >= 15 is 0 Å². The molecule has 0 spiro atoms. The van der Waals surface area contributed by atoms with Crippen LogP contribution in [0, 0.1) is 0 Å². The van der Waals surface area contributed by atoms with Crippen LogP contribution < -0.4 is 5.56 Å². The van der Waals surface area contributed by atoms with Crippen LogP contribution in [-0.4, -0.2) is 44.4 Å². The molecule has 1 aromatic heterocycles. The number of carbonyl (C=O) groups is 1. The molecule has 1 N–H and O–H groups in total. The van der Waals surface area contributed by atoms with Gasteiger partial charge < -0.3 is 10.0 Å². The molecule has 2 rings (SSSR count). The molecule has 1 atom stereocenters. The fourth-order valence-corrected chi connectivity index (χ4v) is 2.24. The van der Waals surface area contributed by atoms with E-state index in [0.29, 0.717) is 5.69 Å². The molecule has 0 aliphatic carbocycles. The normalized spacial score (nSPS) is 12.2. The van der Waals surface area contributed by atoms with Crippen molar-refractivity contribution in [1.29, 1.82) is 0 Å². The van der Waals surface area contributed by atoms with Crippen molar-refractivity contribution in [2.75, 3.05) is 6.54 Å². The molecule has 1 unspecified atom stereocenters. The average molecular weight is 315 g/mol. The van der Waals surface area contributed by atoms with Gasteiger partial charge in [0.15, 0.2) is 0 Å². The van der Waals surface area contributed by atoms with E-state index in [2.05, 4.69) is 5.10 Å². The largest absolute Gasteiger partial charge is 0.392 e. The molecule has 2 aromatic rings. The third kappa shape index (κ3) is 4.04. The standard InChI is InChI=1S/C17H21N3O3/c1-12(2)19(11-13(3)21)17(23)15-9-10-16(22)20(18-15)14-7-5-4-6-8-14/h4-10,12-13,21H,11H2,1-3H3. The molecule has 23 heavy (non-hydrogen) atoms. The Bertz CT molecular complexity index is 723. The maximum Gasteiger partial charge on any atom is 0.274 e. The Kier molecular flexibility index (Phi) is 5.28. The van der Waals surface area contributed by atoms with Gasteiger partial charge in [0.1, 0.15) is 5.69 Å². The molecular formula is C17H21N3O3. The number of aliphatic hydroxyl groups excluding tert-OH is 1. The quantitative estimate of drug-likeness (QED) is 0.906. The summed E-state index contributed by atoms with van der Waals surface area (Å²) in [6.45, 7) is 5.57. The van der Waals surface area contributed by atoms with Crippen molar-refractivity contribution < 1.29 is 9.90 Å². The van der Waals surface area contributed by atoms with Gasteiger partial charge in [0.25, 0.3) is 11.5 Å². The van der Waals surface area contributed by atoms with E-state index in [1.165, 1.54) is 21.7 Å². The predicted octanol–water partition coefficient (Wildman–Crippen LogP) is 1.46. The first kappa shape index (κ1) is 16.9. The van der Waals surface area contributed by atoms with Crippen LogP contribution in [0.1, 0.15) is 31.3 Å². The fraction of sp³-hybridized carbons (Fsp3) is 0.353. The van der Waals surface area contributed by atoms with Crippen molar-refractivity contribution in [3.63, 3.8) is 0 Å². The van der Waals surface area contributed by atoms with Gasteiger partial charge in [-0.3, -0.25) is 9.59 Å². The van der Waals surface area contributed by atoms with Gasteiger partial charge in [0.05, 0.1) is 11.8 Å². The number of rotatable bonds is 5. The summed E-state index contributed by atoms with van der Waals surface area (Å²) in [6, 6.07) is 11.6. The molecule has 0 fully saturated rings. The monoisotopic (exact) mass is 315 g/mol. The molecule has 0 radical (unpaired) electrons. The first-order valence-corrected chi connectivity index (χ1v) is 7.55. The lowest BCUT2D eigenvalue weighted by atomic mass is 10.2. The summed E-state index contributed by atoms with van der Waals surface area (Å²) in [5.74, 6) is -0.314. The first-order chi connectivity index (χ1) is 10.9. The zero-order valence-electron chi connectivity index (χ0n) is 13.5. The van der Waals surface area contributed by atoms with Crippen LogP contribution in [0.4, 0.5) is 0 Å². The summed E-state index contributed by atoms with van der Waals surface area (Å²) in [5, 5.41) is 13.8. The van der Waals surface area contributed by atoms with E-state index < -0.39 is 6.10 Å². The number of nitrogens with zero attached hydrogens (tertiary/aromatic N) is 3. The van der Waals surface area contributed by atoms with Crippen molar-refractivity contribution in [1.82, 2.24) is 14.7 Å². The average Bonchev–Trinajstić information content (AvgIpc) is 2.53. The van der Waals surface area contributed by atoms with Crippen LogP contribution in [0.5, 0.6) is 0 Å². The van der Waals surface area contributed by atoms with Gasteiger partial charge in [-0.15, -0.1) is 0 Å². The second kappa shape index (κ2) is 7.19. The third-order valence-corrected chi connectivity index (χ3v) is 3.37. The van der Waals surface area contributed by atoms with Crippen LogP contribution in [0.2, 0.25) is 0 Å². The molecule has 0 saturated heterocycles. The Labute approximate surface area is 135 Å². The molecule has 122 valence electrons. The third-order valence-electron chi connectivity index (χ3n) is 3.37. The summed E-state index contributed by atoms with van der Waals surface area (Å²) in [5.41, 5.74) is 0.459. The highest BCUT2D eigenvalue weighted by atomic mass is 16.3. The number of hydrogen-bond acceptors (Lipinski definition) is 4. The highest BCUT2D eigenvalue weighted by Crippen LogP contribution is 2.08. The molecule has 0 saturated carbocycles. The summed E-state index contributed by atoms with van der Waals surface area (Å²) in [4.78, 5) is 26.2. The minimum Gasteiger partial charge on any atom is -0.392 e. The van der Waals surface area contributed by atoms with Gasteiger partial charge >= 0.3 is 0 Å². The number of aromatic nitrogens is 2. The van der Waals surface area contributed by atoms with Crippen molar-refractivity contribution in [3.8, 4) is 5.69 Å². The Balaban J connectivity index is 2.40. The Hall–Kier alpha value is -2.47. The highest BCUT2D eigenvalue weighted by Gasteiger charge is 2.22. The number of carbonyl (C=O) groups excluding carboxylic acids is 1. The van der Waals surface area contributed by atoms with Crippen molar-refractivity contribution >= 4 is 5.91 Å². The van der Waals surface area contributed by atoms with E-state index in [4.69, 9.17) is 0 Å². The van der Waals surface area contributed by atoms with Crippen LogP contribution in [0.3, 0.4) is 0 Å². The maximum atomic E-state index is 12.7. The van der Waals surface area contributed by atoms with Gasteiger partial charge in [-0.1, -0.05) is 18.2 Å². The summed E-state index contributed by atoms with van der Waals surface area (Å²) in [6.07, 6.45) is -0.638. The predicted molar refractivity (Wildman–Crippen MR) is 87.7 cm³/mol. The van der Waals surface area contributed by atoms with E-state index in [9.17, 15) is 14.7 Å². The second-order valence-electron chi connectivity index (χ2n) is 5.70. The number of aliphatic hydroxyl groups is 1. The van der Waals surface area contributed by atoms with Gasteiger partial charge in [-0.2, -0.15) is 9.78 Å². The molecular weight excluding hydrogens is 294 g/mol. The fourth-order valence-electron chi connectivity index (χ4n) is 2.24. The van der Waals surface area contributed by atoms with Crippen LogP contribution >= 0.6 is 0 Å². The lowest BCUT2D eigenvalue weighted by Crippen LogP contribution is -2.42. The minimum atomic E-state index is -0.638. The molecule has 1 aromatic carbocycles. The van der Waals surface area contributed by atoms with Crippen molar-refractivity contribution in [3.05, 3.63) is 58.5 Å². The maximum absolute atomic E-state index is 12.7. The Morgan fingerprint density at radius 1 is 1.17 bits per heavy atom. The van der Waals surface area contributed by atoms with Crippen LogP contribution in [0.25, 0.3) is 5.69 Å². The number of hydrogen-bond donors (Lipinski definition) is 1. The molecule has 6 nitrogen and oxygen atoms in total. The van der Waals surface area contributed by atoms with E-state index in [1.54, 1.807) is 31.2 Å². The SMILES string of the molecule is CC(O)CN(C(=O)c1ccc(=O)n(-c2ccccc2)n1)C(C)C. The van der Waals surface area contributed by atoms with E-state index in [0.717, 1.165) is 0 Å². The first-order valence-electron chi connectivity index (χ1n) is 7.55. The highest BCUT2D eigenvalue weighted by molar-refractivity contribution is 5.92. The van der Waals surface area contributed by atoms with Gasteiger partial charge in [0.2, 0.25) is 0 Å². The van der Waals surface area contributed by atoms with E-state index in [1.807, 2.05) is 19.9 Å². The summed E-state index contributed by atoms with van der Waals surface area (Å²) >= 11 is 0. The molecule has 0 aliphatic rings. The van der Waals surface area contributed by atoms with Crippen molar-refractivity contribution in [2.45, 2.75) is 32.9 Å². The summed E-state index contributed by atoms with van der Waals surface area (Å²) < 4.78 is 1.20. The number of amides is 1. The summed E-state index contributed by atoms with van der Waals surface area (Å²) in [7, 11) is 0. The number of benzene rings is 1. The second-order valence-corrected chi connectivity index (χ2v) is 5.70. The molecule has 0 aliphatic heterocycles. The minimum absolute atomic E-state index is 0.0870. The molecule has 1 amide bonds. The smallest absolute Gasteiger partial charge is 0.274 e. The van der Waals surface area contributed by atoms with Gasteiger partial charge in [-0.25, -0.2) is 0 Å². The van der Waals surface area contributed by atoms with Gasteiger partial charge in [-0.05, 0) is 39.0 Å². The van der Waals surface area contributed by atoms with Crippen molar-refractivity contribution in [2.24, 2.45) is 0 Å². The number of para-hydroxylation sites is 1. The zero-order chi connectivity index (χ0) is 17.0. The Morgan fingerprint density at radius 2 is 1.83 bits per heavy atom. The van der Waals surface area contributed by atoms with Crippen LogP contribution in [-0.2, 0) is 0 Å². The Morgan fingerprint density at radius 3 is 2.39 bits per heavy atom. The molecule has 6 heteroatoms. The zero-order valence-corrected chi connectivity index (χ0v) is 13.5.